The molecule has 208 valence electrons. The summed E-state index contributed by atoms with van der Waals surface area (Å²) in [5.74, 6) is -0.903. The van der Waals surface area contributed by atoms with Crippen molar-refractivity contribution in [2.45, 2.75) is 50.6 Å². The maximum atomic E-state index is 13.9. The zero-order valence-corrected chi connectivity index (χ0v) is 24.7. The molecule has 39 heavy (non-hydrogen) atoms. The predicted octanol–water partition coefficient (Wildman–Crippen LogP) is 5.56. The van der Waals surface area contributed by atoms with Crippen molar-refractivity contribution < 1.29 is 18.0 Å². The fraction of sp³-hybridized carbons (Fsp3) is 0.310. The van der Waals surface area contributed by atoms with Crippen molar-refractivity contribution in [2.24, 2.45) is 0 Å². The largest absolute Gasteiger partial charge is 0.350 e. The van der Waals surface area contributed by atoms with Crippen LogP contribution in [0.2, 0.25) is 10.0 Å². The van der Waals surface area contributed by atoms with Crippen molar-refractivity contribution in [3.8, 4) is 0 Å². The summed E-state index contributed by atoms with van der Waals surface area (Å²) in [5, 5.41) is 3.28. The minimum absolute atomic E-state index is 0.0109. The molecule has 0 aliphatic rings. The summed E-state index contributed by atoms with van der Waals surface area (Å²) in [6.07, 6.45) is 0.475. The Morgan fingerprint density at radius 3 is 2.10 bits per heavy atom. The van der Waals surface area contributed by atoms with Crippen LogP contribution in [0.4, 0.5) is 5.69 Å². The van der Waals surface area contributed by atoms with Gasteiger partial charge >= 0.3 is 0 Å². The van der Waals surface area contributed by atoms with E-state index in [0.717, 1.165) is 9.87 Å². The number of carbonyl (C=O) groups is 2. The summed E-state index contributed by atoms with van der Waals surface area (Å²) >= 11 is 12.6. The van der Waals surface area contributed by atoms with Crippen LogP contribution < -0.4 is 9.62 Å². The Morgan fingerprint density at radius 2 is 1.51 bits per heavy atom. The number of carbonyl (C=O) groups excluding carboxylic acids is 2. The van der Waals surface area contributed by atoms with Crippen LogP contribution in [-0.4, -0.2) is 49.8 Å². The number of nitrogens with one attached hydrogen (secondary N) is 1. The Labute approximate surface area is 240 Å². The fourth-order valence-corrected chi connectivity index (χ4v) is 5.84. The Bertz CT molecular complexity index is 1400. The first kappa shape index (κ1) is 30.5. The second-order valence-electron chi connectivity index (χ2n) is 10.2. The van der Waals surface area contributed by atoms with E-state index in [1.807, 2.05) is 51.1 Å². The number of anilines is 1. The van der Waals surface area contributed by atoms with Gasteiger partial charge in [-0.15, -0.1) is 0 Å². The molecule has 3 aromatic rings. The molecule has 0 spiro atoms. The van der Waals surface area contributed by atoms with Crippen molar-refractivity contribution in [2.75, 3.05) is 17.4 Å². The average molecular weight is 591 g/mol. The molecular formula is C29H33Cl2N3O4S. The highest BCUT2D eigenvalue weighted by Crippen LogP contribution is 2.33. The first-order chi connectivity index (χ1) is 18.3. The lowest BCUT2D eigenvalue weighted by molar-refractivity contribution is -0.139. The zero-order chi connectivity index (χ0) is 28.8. The Hall–Kier alpha value is -3.07. The molecule has 7 nitrogen and oxygen atoms in total. The van der Waals surface area contributed by atoms with Crippen molar-refractivity contribution in [1.29, 1.82) is 0 Å². The van der Waals surface area contributed by atoms with Gasteiger partial charge in [0.15, 0.2) is 0 Å². The van der Waals surface area contributed by atoms with E-state index in [1.165, 1.54) is 35.2 Å². The van der Waals surface area contributed by atoms with E-state index < -0.39 is 34.1 Å². The number of rotatable bonds is 10. The molecule has 0 unspecified atom stereocenters. The molecule has 0 aromatic heterocycles. The maximum Gasteiger partial charge on any atom is 0.264 e. The number of benzene rings is 3. The quantitative estimate of drug-likeness (QED) is 0.335. The molecule has 2 amide bonds. The van der Waals surface area contributed by atoms with E-state index in [4.69, 9.17) is 23.2 Å². The molecule has 0 saturated heterocycles. The van der Waals surface area contributed by atoms with Gasteiger partial charge < -0.3 is 10.2 Å². The van der Waals surface area contributed by atoms with Gasteiger partial charge in [-0.1, -0.05) is 71.7 Å². The molecule has 3 rings (SSSR count). The molecule has 10 heteroatoms. The molecule has 3 aromatic carbocycles. The lowest BCUT2D eigenvalue weighted by atomic mass is 10.1. The van der Waals surface area contributed by atoms with Crippen LogP contribution in [0.15, 0.2) is 83.8 Å². The fourth-order valence-electron chi connectivity index (χ4n) is 3.95. The van der Waals surface area contributed by atoms with Crippen molar-refractivity contribution in [3.63, 3.8) is 0 Å². The molecule has 0 saturated carbocycles. The number of halogens is 2. The first-order valence-electron chi connectivity index (χ1n) is 12.5. The van der Waals surface area contributed by atoms with E-state index in [0.29, 0.717) is 6.42 Å². The number of hydrogen-bond donors (Lipinski definition) is 1. The normalized spacial score (nSPS) is 12.5. The van der Waals surface area contributed by atoms with Crippen molar-refractivity contribution in [1.82, 2.24) is 10.2 Å². The lowest BCUT2D eigenvalue weighted by Gasteiger charge is -2.33. The van der Waals surface area contributed by atoms with Crippen LogP contribution in [0.5, 0.6) is 0 Å². The van der Waals surface area contributed by atoms with Gasteiger partial charge in [0.25, 0.3) is 10.0 Å². The maximum absolute atomic E-state index is 13.9. The van der Waals surface area contributed by atoms with Gasteiger partial charge in [0.2, 0.25) is 11.8 Å². The smallest absolute Gasteiger partial charge is 0.264 e. The number of sulfonamides is 1. The number of nitrogens with zero attached hydrogens (tertiary/aromatic N) is 2. The zero-order valence-electron chi connectivity index (χ0n) is 22.4. The van der Waals surface area contributed by atoms with Crippen LogP contribution in [0.1, 0.15) is 33.3 Å². The van der Waals surface area contributed by atoms with E-state index in [2.05, 4.69) is 5.32 Å². The van der Waals surface area contributed by atoms with Gasteiger partial charge in [0.05, 0.1) is 15.6 Å². The van der Waals surface area contributed by atoms with Gasteiger partial charge in [-0.2, -0.15) is 0 Å². The Morgan fingerprint density at radius 1 is 0.923 bits per heavy atom. The molecule has 0 aliphatic heterocycles. The molecule has 0 radical (unpaired) electrons. The van der Waals surface area contributed by atoms with Gasteiger partial charge in [0, 0.05) is 17.1 Å². The third-order valence-corrected chi connectivity index (χ3v) is 8.27. The predicted molar refractivity (Wildman–Crippen MR) is 157 cm³/mol. The molecule has 0 fully saturated rings. The van der Waals surface area contributed by atoms with Gasteiger partial charge in [-0.3, -0.25) is 13.9 Å². The van der Waals surface area contributed by atoms with Crippen LogP contribution in [0, 0.1) is 0 Å². The summed E-state index contributed by atoms with van der Waals surface area (Å²) in [6, 6.07) is 20.9. The van der Waals surface area contributed by atoms with Crippen LogP contribution in [0.3, 0.4) is 0 Å². The second-order valence-corrected chi connectivity index (χ2v) is 12.9. The van der Waals surface area contributed by atoms with Gasteiger partial charge in [-0.25, -0.2) is 8.42 Å². The molecular weight excluding hydrogens is 557 g/mol. The number of hydrogen-bond acceptors (Lipinski definition) is 4. The minimum atomic E-state index is -4.22. The molecule has 0 aliphatic carbocycles. The average Bonchev–Trinajstić information content (AvgIpc) is 2.89. The van der Waals surface area contributed by atoms with E-state index in [-0.39, 0.29) is 33.1 Å². The molecule has 1 N–H and O–H groups in total. The van der Waals surface area contributed by atoms with Crippen LogP contribution in [0.25, 0.3) is 0 Å². The van der Waals surface area contributed by atoms with E-state index in [9.17, 15) is 18.0 Å². The van der Waals surface area contributed by atoms with E-state index >= 15 is 0 Å². The third-order valence-electron chi connectivity index (χ3n) is 5.94. The molecule has 0 bridgehead atoms. The number of amides is 2. The highest BCUT2D eigenvalue weighted by Gasteiger charge is 2.34. The highest BCUT2D eigenvalue weighted by atomic mass is 35.5. The standard InChI is InChI=1S/C29H33Cl2N3O4S/c1-21(28(36)32-29(2,3)4)33(18-17-22-11-7-5-8-12-22)27(35)20-34(26-19-23(30)15-16-25(26)31)39(37,38)24-13-9-6-10-14-24/h5-16,19,21H,17-18,20H2,1-4H3,(H,32,36)/t21-/m0/s1. The summed E-state index contributed by atoms with van der Waals surface area (Å²) in [5.41, 5.74) is 0.526. The summed E-state index contributed by atoms with van der Waals surface area (Å²) < 4.78 is 28.5. The third kappa shape index (κ3) is 8.21. The van der Waals surface area contributed by atoms with E-state index in [1.54, 1.807) is 25.1 Å². The summed E-state index contributed by atoms with van der Waals surface area (Å²) in [6.45, 7) is 6.80. The lowest BCUT2D eigenvalue weighted by Crippen LogP contribution is -2.55. The Balaban J connectivity index is 2.01. The summed E-state index contributed by atoms with van der Waals surface area (Å²) in [4.78, 5) is 28.4. The van der Waals surface area contributed by atoms with Gasteiger partial charge in [0.1, 0.15) is 12.6 Å². The van der Waals surface area contributed by atoms with Crippen LogP contribution in [-0.2, 0) is 26.0 Å². The highest BCUT2D eigenvalue weighted by molar-refractivity contribution is 7.92. The summed E-state index contributed by atoms with van der Waals surface area (Å²) in [7, 11) is -4.22. The molecule has 1 atom stereocenters. The van der Waals surface area contributed by atoms with Crippen molar-refractivity contribution >= 4 is 50.7 Å². The van der Waals surface area contributed by atoms with Crippen molar-refractivity contribution in [3.05, 3.63) is 94.5 Å². The molecule has 0 heterocycles. The second kappa shape index (κ2) is 12.9. The first-order valence-corrected chi connectivity index (χ1v) is 14.7. The van der Waals surface area contributed by atoms with Gasteiger partial charge in [-0.05, 0) is 70.0 Å². The SMILES string of the molecule is C[C@@H](C(=O)NC(C)(C)C)N(CCc1ccccc1)C(=O)CN(c1cc(Cl)ccc1Cl)S(=O)(=O)c1ccccc1. The minimum Gasteiger partial charge on any atom is -0.350 e. The van der Waals surface area contributed by atoms with Crippen LogP contribution >= 0.6 is 23.2 Å². The monoisotopic (exact) mass is 589 g/mol. The topological polar surface area (TPSA) is 86.8 Å². The Kier molecular flexibility index (Phi) is 10.0.